The molecule has 1 aromatic heterocycles. The first-order chi connectivity index (χ1) is 7.58. The molecule has 0 atom stereocenters. The highest BCUT2D eigenvalue weighted by Crippen LogP contribution is 2.29. The Balaban J connectivity index is 2.46. The minimum absolute atomic E-state index is 0.161. The van der Waals surface area contributed by atoms with Crippen molar-refractivity contribution in [3.63, 3.8) is 0 Å². The fourth-order valence-corrected chi connectivity index (χ4v) is 1.65. The van der Waals surface area contributed by atoms with Gasteiger partial charge < -0.3 is 4.42 Å². The van der Waals surface area contributed by atoms with Crippen molar-refractivity contribution in [3.05, 3.63) is 34.4 Å². The van der Waals surface area contributed by atoms with Gasteiger partial charge in [0.15, 0.2) is 0 Å². The Labute approximate surface area is 101 Å². The molecule has 1 heterocycles. The van der Waals surface area contributed by atoms with Crippen molar-refractivity contribution in [1.82, 2.24) is 10.2 Å². The zero-order valence-corrected chi connectivity index (χ0v) is 10.5. The molecule has 84 valence electrons. The van der Waals surface area contributed by atoms with Crippen LogP contribution in [0, 0.1) is 5.82 Å². The van der Waals surface area contributed by atoms with E-state index in [1.807, 2.05) is 13.8 Å². The summed E-state index contributed by atoms with van der Waals surface area (Å²) in [6.45, 7) is 3.91. The smallest absolute Gasteiger partial charge is 0.248 e. The molecular formula is C11H10BrFN2O. The van der Waals surface area contributed by atoms with E-state index in [2.05, 4.69) is 26.1 Å². The number of hydrogen-bond donors (Lipinski definition) is 0. The summed E-state index contributed by atoms with van der Waals surface area (Å²) in [4.78, 5) is 0. The third-order valence-electron chi connectivity index (χ3n) is 2.09. The lowest BCUT2D eigenvalue weighted by Crippen LogP contribution is -1.85. The van der Waals surface area contributed by atoms with Gasteiger partial charge in [-0.05, 0) is 34.1 Å². The Bertz CT molecular complexity index is 510. The van der Waals surface area contributed by atoms with Crippen LogP contribution in [0.3, 0.4) is 0 Å². The summed E-state index contributed by atoms with van der Waals surface area (Å²) in [5.41, 5.74) is 0.569. The van der Waals surface area contributed by atoms with Crippen molar-refractivity contribution >= 4 is 15.9 Å². The molecule has 0 spiro atoms. The summed E-state index contributed by atoms with van der Waals surface area (Å²) < 4.78 is 19.3. The number of halogens is 2. The third kappa shape index (κ3) is 2.14. The number of aromatic nitrogens is 2. The largest absolute Gasteiger partial charge is 0.420 e. The van der Waals surface area contributed by atoms with Crippen LogP contribution in [0.1, 0.15) is 25.7 Å². The molecule has 0 amide bonds. The normalized spacial score (nSPS) is 11.1. The summed E-state index contributed by atoms with van der Waals surface area (Å²) in [6, 6.07) is 4.35. The topological polar surface area (TPSA) is 38.9 Å². The molecule has 0 saturated carbocycles. The average molecular weight is 285 g/mol. The molecule has 0 aliphatic carbocycles. The maximum absolute atomic E-state index is 13.1. The maximum Gasteiger partial charge on any atom is 0.248 e. The molecule has 0 saturated heterocycles. The Hall–Kier alpha value is -1.23. The minimum atomic E-state index is -0.331. The van der Waals surface area contributed by atoms with E-state index in [0.29, 0.717) is 17.3 Å². The first kappa shape index (κ1) is 11.3. The Morgan fingerprint density at radius 2 is 2.06 bits per heavy atom. The Kier molecular flexibility index (Phi) is 3.05. The molecule has 2 rings (SSSR count). The van der Waals surface area contributed by atoms with Gasteiger partial charge in [-0.25, -0.2) is 4.39 Å². The zero-order valence-electron chi connectivity index (χ0n) is 8.87. The monoisotopic (exact) mass is 284 g/mol. The molecular weight excluding hydrogens is 275 g/mol. The highest BCUT2D eigenvalue weighted by Gasteiger charge is 2.14. The van der Waals surface area contributed by atoms with Crippen molar-refractivity contribution in [1.29, 1.82) is 0 Å². The Morgan fingerprint density at radius 1 is 1.31 bits per heavy atom. The van der Waals surface area contributed by atoms with Crippen molar-refractivity contribution in [2.75, 3.05) is 0 Å². The van der Waals surface area contributed by atoms with Crippen LogP contribution in [0.5, 0.6) is 0 Å². The van der Waals surface area contributed by atoms with Gasteiger partial charge in [0, 0.05) is 10.4 Å². The molecule has 0 N–H and O–H groups in total. The minimum Gasteiger partial charge on any atom is -0.420 e. The molecule has 3 nitrogen and oxygen atoms in total. The van der Waals surface area contributed by atoms with Crippen LogP contribution < -0.4 is 0 Å². The molecule has 16 heavy (non-hydrogen) atoms. The maximum atomic E-state index is 13.1. The van der Waals surface area contributed by atoms with E-state index in [-0.39, 0.29) is 11.7 Å². The van der Waals surface area contributed by atoms with Crippen LogP contribution in [0.4, 0.5) is 4.39 Å². The summed E-state index contributed by atoms with van der Waals surface area (Å²) >= 11 is 3.32. The van der Waals surface area contributed by atoms with E-state index in [9.17, 15) is 4.39 Å². The fraction of sp³-hybridized carbons (Fsp3) is 0.273. The van der Waals surface area contributed by atoms with Gasteiger partial charge in [0.1, 0.15) is 5.82 Å². The van der Waals surface area contributed by atoms with E-state index in [1.54, 1.807) is 6.07 Å². The van der Waals surface area contributed by atoms with Crippen molar-refractivity contribution in [2.24, 2.45) is 0 Å². The van der Waals surface area contributed by atoms with Gasteiger partial charge in [-0.2, -0.15) is 0 Å². The highest BCUT2D eigenvalue weighted by molar-refractivity contribution is 9.10. The predicted molar refractivity (Wildman–Crippen MR) is 61.5 cm³/mol. The molecule has 0 bridgehead atoms. The Morgan fingerprint density at radius 3 is 2.69 bits per heavy atom. The van der Waals surface area contributed by atoms with E-state index in [0.717, 1.165) is 4.47 Å². The standard InChI is InChI=1S/C11H10BrFN2O/c1-6(2)10-14-15-11(16-10)8-5-7(13)3-4-9(8)12/h3-6H,1-2H3. The van der Waals surface area contributed by atoms with Gasteiger partial charge >= 0.3 is 0 Å². The van der Waals surface area contributed by atoms with Gasteiger partial charge in [0.05, 0.1) is 5.56 Å². The summed E-state index contributed by atoms with van der Waals surface area (Å²) in [5, 5.41) is 7.80. The molecule has 0 radical (unpaired) electrons. The van der Waals surface area contributed by atoms with E-state index >= 15 is 0 Å². The molecule has 0 unspecified atom stereocenters. The second-order valence-electron chi connectivity index (χ2n) is 3.72. The number of rotatable bonds is 2. The molecule has 5 heteroatoms. The average Bonchev–Trinajstić information content (AvgIpc) is 2.70. The lowest BCUT2D eigenvalue weighted by Gasteiger charge is -1.99. The third-order valence-corrected chi connectivity index (χ3v) is 2.78. The second kappa shape index (κ2) is 4.33. The lowest BCUT2D eigenvalue weighted by molar-refractivity contribution is 0.480. The molecule has 2 aromatic rings. The number of benzene rings is 1. The number of hydrogen-bond acceptors (Lipinski definition) is 3. The van der Waals surface area contributed by atoms with E-state index in [4.69, 9.17) is 4.42 Å². The van der Waals surface area contributed by atoms with Crippen LogP contribution in [0.2, 0.25) is 0 Å². The van der Waals surface area contributed by atoms with Gasteiger partial charge in [0.25, 0.3) is 0 Å². The van der Waals surface area contributed by atoms with Gasteiger partial charge in [-0.15, -0.1) is 10.2 Å². The number of nitrogens with zero attached hydrogens (tertiary/aromatic N) is 2. The first-order valence-electron chi connectivity index (χ1n) is 4.86. The van der Waals surface area contributed by atoms with Crippen LogP contribution in [-0.2, 0) is 0 Å². The van der Waals surface area contributed by atoms with E-state index in [1.165, 1.54) is 12.1 Å². The molecule has 0 aliphatic rings. The first-order valence-corrected chi connectivity index (χ1v) is 5.66. The van der Waals surface area contributed by atoms with Crippen LogP contribution in [-0.4, -0.2) is 10.2 Å². The van der Waals surface area contributed by atoms with Gasteiger partial charge in [-0.1, -0.05) is 13.8 Å². The summed E-state index contributed by atoms with van der Waals surface area (Å²) in [6.07, 6.45) is 0. The van der Waals surface area contributed by atoms with E-state index < -0.39 is 0 Å². The molecule has 1 aromatic carbocycles. The van der Waals surface area contributed by atoms with Crippen LogP contribution in [0.15, 0.2) is 27.1 Å². The van der Waals surface area contributed by atoms with Crippen molar-refractivity contribution in [3.8, 4) is 11.5 Å². The van der Waals surface area contributed by atoms with Crippen molar-refractivity contribution in [2.45, 2.75) is 19.8 Å². The van der Waals surface area contributed by atoms with Gasteiger partial charge in [-0.3, -0.25) is 0 Å². The van der Waals surface area contributed by atoms with Crippen molar-refractivity contribution < 1.29 is 8.81 Å². The summed E-state index contributed by atoms with van der Waals surface area (Å²) in [7, 11) is 0. The SMILES string of the molecule is CC(C)c1nnc(-c2cc(F)ccc2Br)o1. The lowest BCUT2D eigenvalue weighted by atomic mass is 10.2. The molecule has 0 fully saturated rings. The summed E-state index contributed by atoms with van der Waals surface area (Å²) in [5.74, 6) is 0.706. The fourth-order valence-electron chi connectivity index (χ4n) is 1.24. The molecule has 0 aliphatic heterocycles. The zero-order chi connectivity index (χ0) is 11.7. The van der Waals surface area contributed by atoms with Crippen LogP contribution >= 0.6 is 15.9 Å². The van der Waals surface area contributed by atoms with Crippen LogP contribution in [0.25, 0.3) is 11.5 Å². The quantitative estimate of drug-likeness (QED) is 0.843. The highest BCUT2D eigenvalue weighted by atomic mass is 79.9. The second-order valence-corrected chi connectivity index (χ2v) is 4.58. The predicted octanol–water partition coefficient (Wildman–Crippen LogP) is 3.76. The van der Waals surface area contributed by atoms with Gasteiger partial charge in [0.2, 0.25) is 11.8 Å².